The zero-order valence-electron chi connectivity index (χ0n) is 17.0. The molecule has 2 aromatic rings. The zero-order chi connectivity index (χ0) is 19.7. The van der Waals surface area contributed by atoms with Crippen LogP contribution in [0, 0.1) is 11.8 Å². The Morgan fingerprint density at radius 1 is 1.18 bits per heavy atom. The van der Waals surface area contributed by atoms with E-state index in [1.165, 1.54) is 5.56 Å². The maximum atomic E-state index is 6.37. The van der Waals surface area contributed by atoms with Crippen molar-refractivity contribution in [1.82, 2.24) is 24.8 Å². The van der Waals surface area contributed by atoms with Gasteiger partial charge in [0, 0.05) is 38.3 Å². The van der Waals surface area contributed by atoms with E-state index in [1.54, 1.807) is 0 Å². The lowest BCUT2D eigenvalue weighted by molar-refractivity contribution is -0.00547. The van der Waals surface area contributed by atoms with Crippen molar-refractivity contribution < 1.29 is 4.74 Å². The number of hydrogen-bond donors (Lipinski definition) is 0. The summed E-state index contributed by atoms with van der Waals surface area (Å²) >= 11 is 6.37. The van der Waals surface area contributed by atoms with Gasteiger partial charge in [0.1, 0.15) is 0 Å². The van der Waals surface area contributed by atoms with Crippen molar-refractivity contribution in [2.24, 2.45) is 11.8 Å². The number of halogens is 1. The van der Waals surface area contributed by atoms with Crippen LogP contribution in [0.5, 0.6) is 0 Å². The zero-order valence-corrected chi connectivity index (χ0v) is 17.7. The number of benzene rings is 1. The van der Waals surface area contributed by atoms with Crippen LogP contribution in [-0.4, -0.2) is 65.2 Å². The summed E-state index contributed by atoms with van der Waals surface area (Å²) in [5.41, 5.74) is 2.22. The molecule has 1 aliphatic heterocycles. The fourth-order valence-corrected chi connectivity index (χ4v) is 5.08. The van der Waals surface area contributed by atoms with Gasteiger partial charge < -0.3 is 9.64 Å². The first-order valence-electron chi connectivity index (χ1n) is 10.1. The highest BCUT2D eigenvalue weighted by atomic mass is 35.5. The molecule has 0 N–H and O–H groups in total. The van der Waals surface area contributed by atoms with Crippen LogP contribution in [0.2, 0.25) is 5.02 Å². The van der Waals surface area contributed by atoms with Gasteiger partial charge in [0.15, 0.2) is 0 Å². The fraction of sp³-hybridized carbons (Fsp3) is 0.619. The molecule has 0 amide bonds. The number of hydrogen-bond acceptors (Lipinski definition) is 5. The molecule has 1 aromatic carbocycles. The Kier molecular flexibility index (Phi) is 6.01. The minimum absolute atomic E-state index is 0.190. The van der Waals surface area contributed by atoms with Gasteiger partial charge in [0.05, 0.1) is 24.0 Å². The molecule has 2 fully saturated rings. The smallest absolute Gasteiger partial charge is 0.0967 e. The van der Waals surface area contributed by atoms with Crippen LogP contribution in [0.15, 0.2) is 30.5 Å². The molecule has 1 aliphatic carbocycles. The predicted octanol–water partition coefficient (Wildman–Crippen LogP) is 3.09. The van der Waals surface area contributed by atoms with Gasteiger partial charge in [-0.15, -0.1) is 5.10 Å². The molecular weight excluding hydrogens is 374 g/mol. The lowest BCUT2D eigenvalue weighted by Crippen LogP contribution is -2.37. The van der Waals surface area contributed by atoms with Crippen LogP contribution in [0.3, 0.4) is 0 Å². The highest BCUT2D eigenvalue weighted by Gasteiger charge is 2.43. The summed E-state index contributed by atoms with van der Waals surface area (Å²) in [5, 5.41) is 9.65. The molecule has 0 unspecified atom stereocenters. The third-order valence-electron chi connectivity index (χ3n) is 6.19. The standard InChI is InChI=1S/C21H30ClN5O/c1-25(2)13-18-14-27(24-23-18)20-8-16-11-26(12-17(16)9-21(20)28-3)10-15-6-4-5-7-19(15)22/h4-7,14,16-17,20-21H,8-13H2,1-3H3/t16-,17+,20-,21-/m1/s1. The molecule has 28 heavy (non-hydrogen) atoms. The van der Waals surface area contributed by atoms with E-state index in [0.717, 1.165) is 49.7 Å². The number of likely N-dealkylation sites (tertiary alicyclic amines) is 1. The van der Waals surface area contributed by atoms with Crippen molar-refractivity contribution >= 4 is 11.6 Å². The van der Waals surface area contributed by atoms with Crippen LogP contribution in [0.25, 0.3) is 0 Å². The monoisotopic (exact) mass is 403 g/mol. The molecule has 0 radical (unpaired) electrons. The predicted molar refractivity (Wildman–Crippen MR) is 110 cm³/mol. The lowest BCUT2D eigenvalue weighted by atomic mass is 9.77. The van der Waals surface area contributed by atoms with Crippen molar-refractivity contribution in [2.75, 3.05) is 34.3 Å². The quantitative estimate of drug-likeness (QED) is 0.741. The van der Waals surface area contributed by atoms with Crippen molar-refractivity contribution in [3.8, 4) is 0 Å². The van der Waals surface area contributed by atoms with E-state index >= 15 is 0 Å². The van der Waals surface area contributed by atoms with Crippen LogP contribution in [0.1, 0.15) is 30.1 Å². The first kappa shape index (κ1) is 19.8. The first-order chi connectivity index (χ1) is 13.5. The summed E-state index contributed by atoms with van der Waals surface area (Å²) < 4.78 is 7.93. The third kappa shape index (κ3) is 4.25. The fourth-order valence-electron chi connectivity index (χ4n) is 4.89. The van der Waals surface area contributed by atoms with Gasteiger partial charge in [-0.3, -0.25) is 4.90 Å². The Labute approximate surface area is 172 Å². The molecular formula is C21H30ClN5O. The summed E-state index contributed by atoms with van der Waals surface area (Å²) in [7, 11) is 5.93. The van der Waals surface area contributed by atoms with Crippen molar-refractivity contribution in [3.63, 3.8) is 0 Å². The average Bonchev–Trinajstić information content (AvgIpc) is 3.27. The highest BCUT2D eigenvalue weighted by Crippen LogP contribution is 2.42. The number of rotatable bonds is 6. The second-order valence-corrected chi connectivity index (χ2v) is 8.95. The SMILES string of the molecule is CO[C@@H]1C[C@H]2CN(Cc3ccccc3Cl)C[C@H]2C[C@H]1n1cc(CN(C)C)nn1. The molecule has 1 aromatic heterocycles. The minimum Gasteiger partial charge on any atom is -0.379 e. The largest absolute Gasteiger partial charge is 0.379 e. The molecule has 0 bridgehead atoms. The van der Waals surface area contributed by atoms with Crippen LogP contribution < -0.4 is 0 Å². The average molecular weight is 404 g/mol. The first-order valence-corrected chi connectivity index (χ1v) is 10.4. The molecule has 2 heterocycles. The van der Waals surface area contributed by atoms with Crippen molar-refractivity contribution in [1.29, 1.82) is 0 Å². The minimum atomic E-state index is 0.190. The van der Waals surface area contributed by atoms with E-state index in [2.05, 4.69) is 38.4 Å². The van der Waals surface area contributed by atoms with Gasteiger partial charge >= 0.3 is 0 Å². The topological polar surface area (TPSA) is 46.4 Å². The van der Waals surface area contributed by atoms with E-state index in [1.807, 2.05) is 38.0 Å². The molecule has 4 rings (SSSR count). The molecule has 2 aliphatic rings. The molecule has 7 heteroatoms. The van der Waals surface area contributed by atoms with Gasteiger partial charge in [-0.2, -0.15) is 0 Å². The number of fused-ring (bicyclic) bond motifs is 1. The van der Waals surface area contributed by atoms with Gasteiger partial charge in [0.2, 0.25) is 0 Å². The Hall–Kier alpha value is -1.47. The molecule has 1 saturated carbocycles. The van der Waals surface area contributed by atoms with E-state index in [9.17, 15) is 0 Å². The normalized spacial score (nSPS) is 28.0. The van der Waals surface area contributed by atoms with Crippen LogP contribution in [-0.2, 0) is 17.8 Å². The molecule has 152 valence electrons. The van der Waals surface area contributed by atoms with Gasteiger partial charge in [-0.25, -0.2) is 4.68 Å². The van der Waals surface area contributed by atoms with Crippen molar-refractivity contribution in [2.45, 2.75) is 38.1 Å². The summed E-state index contributed by atoms with van der Waals surface area (Å²) in [6.07, 6.45) is 4.45. The number of ether oxygens (including phenoxy) is 1. The summed E-state index contributed by atoms with van der Waals surface area (Å²) in [4.78, 5) is 4.66. The maximum Gasteiger partial charge on any atom is 0.0967 e. The van der Waals surface area contributed by atoms with Crippen molar-refractivity contribution in [3.05, 3.63) is 46.7 Å². The summed E-state index contributed by atoms with van der Waals surface area (Å²) in [6, 6.07) is 8.43. The highest BCUT2D eigenvalue weighted by molar-refractivity contribution is 6.31. The van der Waals surface area contributed by atoms with E-state index in [4.69, 9.17) is 16.3 Å². The molecule has 4 atom stereocenters. The molecule has 6 nitrogen and oxygen atoms in total. The lowest BCUT2D eigenvalue weighted by Gasteiger charge is -2.37. The second kappa shape index (κ2) is 8.49. The van der Waals surface area contributed by atoms with Crippen LogP contribution >= 0.6 is 11.6 Å². The van der Waals surface area contributed by atoms with Crippen LogP contribution in [0.4, 0.5) is 0 Å². The third-order valence-corrected chi connectivity index (χ3v) is 6.56. The van der Waals surface area contributed by atoms with E-state index < -0.39 is 0 Å². The molecule has 1 saturated heterocycles. The van der Waals surface area contributed by atoms with Gasteiger partial charge in [0.25, 0.3) is 0 Å². The van der Waals surface area contributed by atoms with Gasteiger partial charge in [-0.05, 0) is 50.4 Å². The second-order valence-electron chi connectivity index (χ2n) is 8.55. The number of aromatic nitrogens is 3. The van der Waals surface area contributed by atoms with E-state index in [0.29, 0.717) is 11.8 Å². The number of methoxy groups -OCH3 is 1. The summed E-state index contributed by atoms with van der Waals surface area (Å²) in [5.74, 6) is 1.34. The maximum absolute atomic E-state index is 6.37. The van der Waals surface area contributed by atoms with E-state index in [-0.39, 0.29) is 12.1 Å². The Morgan fingerprint density at radius 2 is 1.93 bits per heavy atom. The molecule has 0 spiro atoms. The number of nitrogens with zero attached hydrogens (tertiary/aromatic N) is 5. The summed E-state index contributed by atoms with van der Waals surface area (Å²) in [6.45, 7) is 3.96. The Bertz CT molecular complexity index is 795. The Morgan fingerprint density at radius 3 is 2.64 bits per heavy atom. The van der Waals surface area contributed by atoms with Gasteiger partial charge in [-0.1, -0.05) is 35.0 Å². The Balaban J connectivity index is 1.44.